The normalized spacial score (nSPS) is 10.8. The van der Waals surface area contributed by atoms with Gasteiger partial charge in [0.1, 0.15) is 5.82 Å². The van der Waals surface area contributed by atoms with Crippen LogP contribution in [0.25, 0.3) is 11.4 Å². The first-order valence-electron chi connectivity index (χ1n) is 5.51. The lowest BCUT2D eigenvalue weighted by Gasteiger charge is -2.03. The minimum atomic E-state index is -0.268. The molecule has 3 nitrogen and oxygen atoms in total. The highest BCUT2D eigenvalue weighted by Crippen LogP contribution is 2.24. The molecule has 2 rings (SSSR count). The maximum absolute atomic E-state index is 13.6. The van der Waals surface area contributed by atoms with E-state index < -0.39 is 0 Å². The van der Waals surface area contributed by atoms with E-state index in [0.717, 1.165) is 17.3 Å². The Balaban J connectivity index is 2.34. The summed E-state index contributed by atoms with van der Waals surface area (Å²) in [6.45, 7) is 2.11. The second kappa shape index (κ2) is 5.31. The highest BCUT2D eigenvalue weighted by atomic mass is 32.2. The molecule has 1 aromatic heterocycles. The Kier molecular flexibility index (Phi) is 3.78. The SMILES string of the molecule is CCCSc1nnc(-c2ccccc2F)n1C. The fourth-order valence-corrected chi connectivity index (χ4v) is 2.28. The van der Waals surface area contributed by atoms with E-state index in [4.69, 9.17) is 0 Å². The summed E-state index contributed by atoms with van der Waals surface area (Å²) in [5.41, 5.74) is 0.492. The van der Waals surface area contributed by atoms with E-state index in [2.05, 4.69) is 17.1 Å². The molecular formula is C12H14FN3S. The third-order valence-electron chi connectivity index (χ3n) is 2.38. The van der Waals surface area contributed by atoms with Gasteiger partial charge < -0.3 is 4.57 Å². The van der Waals surface area contributed by atoms with Gasteiger partial charge in [-0.15, -0.1) is 10.2 Å². The number of hydrogen-bond acceptors (Lipinski definition) is 3. The van der Waals surface area contributed by atoms with Gasteiger partial charge in [0, 0.05) is 12.8 Å². The van der Waals surface area contributed by atoms with Crippen LogP contribution in [-0.4, -0.2) is 20.5 Å². The number of halogens is 1. The number of benzene rings is 1. The lowest BCUT2D eigenvalue weighted by Crippen LogP contribution is -1.96. The maximum atomic E-state index is 13.6. The molecule has 1 aromatic carbocycles. The van der Waals surface area contributed by atoms with Crippen LogP contribution in [0.4, 0.5) is 4.39 Å². The summed E-state index contributed by atoms with van der Waals surface area (Å²) >= 11 is 1.64. The average Bonchev–Trinajstić information content (AvgIpc) is 2.69. The van der Waals surface area contributed by atoms with Crippen LogP contribution in [0.5, 0.6) is 0 Å². The summed E-state index contributed by atoms with van der Waals surface area (Å²) < 4.78 is 15.5. The molecule has 0 N–H and O–H groups in total. The standard InChI is InChI=1S/C12H14FN3S/c1-3-8-17-12-15-14-11(16(12)2)9-6-4-5-7-10(9)13/h4-7H,3,8H2,1-2H3. The van der Waals surface area contributed by atoms with Gasteiger partial charge in [-0.25, -0.2) is 4.39 Å². The number of rotatable bonds is 4. The highest BCUT2D eigenvalue weighted by Gasteiger charge is 2.13. The van der Waals surface area contributed by atoms with Crippen molar-refractivity contribution in [3.8, 4) is 11.4 Å². The van der Waals surface area contributed by atoms with E-state index in [1.807, 2.05) is 11.6 Å². The summed E-state index contributed by atoms with van der Waals surface area (Å²) in [4.78, 5) is 0. The van der Waals surface area contributed by atoms with Crippen molar-refractivity contribution in [3.05, 3.63) is 30.1 Å². The van der Waals surface area contributed by atoms with Crippen molar-refractivity contribution in [2.24, 2.45) is 7.05 Å². The molecule has 0 saturated carbocycles. The maximum Gasteiger partial charge on any atom is 0.191 e. The largest absolute Gasteiger partial charge is 0.305 e. The van der Waals surface area contributed by atoms with Crippen molar-refractivity contribution in [1.29, 1.82) is 0 Å². The van der Waals surface area contributed by atoms with Gasteiger partial charge in [-0.3, -0.25) is 0 Å². The molecule has 0 spiro atoms. The molecule has 0 bridgehead atoms. The van der Waals surface area contributed by atoms with Crippen molar-refractivity contribution in [1.82, 2.24) is 14.8 Å². The summed E-state index contributed by atoms with van der Waals surface area (Å²) in [5, 5.41) is 8.96. The number of aromatic nitrogens is 3. The molecule has 17 heavy (non-hydrogen) atoms. The number of hydrogen-bond donors (Lipinski definition) is 0. The zero-order valence-electron chi connectivity index (χ0n) is 9.85. The van der Waals surface area contributed by atoms with E-state index in [1.54, 1.807) is 30.0 Å². The molecule has 0 atom stereocenters. The van der Waals surface area contributed by atoms with Gasteiger partial charge in [0.25, 0.3) is 0 Å². The Bertz CT molecular complexity index is 510. The second-order valence-corrected chi connectivity index (χ2v) is 4.76. The molecular weight excluding hydrogens is 237 g/mol. The molecule has 5 heteroatoms. The molecule has 0 radical (unpaired) electrons. The average molecular weight is 251 g/mol. The van der Waals surface area contributed by atoms with Crippen LogP contribution in [0, 0.1) is 5.82 Å². The van der Waals surface area contributed by atoms with Gasteiger partial charge in [0.15, 0.2) is 11.0 Å². The van der Waals surface area contributed by atoms with Crippen LogP contribution in [0.3, 0.4) is 0 Å². The first-order valence-corrected chi connectivity index (χ1v) is 6.49. The van der Waals surface area contributed by atoms with Gasteiger partial charge in [-0.1, -0.05) is 30.8 Å². The Hall–Kier alpha value is -1.36. The van der Waals surface area contributed by atoms with E-state index in [9.17, 15) is 4.39 Å². The van der Waals surface area contributed by atoms with Crippen molar-refractivity contribution < 1.29 is 4.39 Å². The molecule has 0 unspecified atom stereocenters. The smallest absolute Gasteiger partial charge is 0.191 e. The van der Waals surface area contributed by atoms with E-state index >= 15 is 0 Å². The fourth-order valence-electron chi connectivity index (χ4n) is 1.51. The van der Waals surface area contributed by atoms with E-state index in [0.29, 0.717) is 11.4 Å². The zero-order valence-corrected chi connectivity index (χ0v) is 10.7. The van der Waals surface area contributed by atoms with Gasteiger partial charge in [-0.2, -0.15) is 0 Å². The molecule has 2 aromatic rings. The Morgan fingerprint density at radius 1 is 1.29 bits per heavy atom. The number of thioether (sulfide) groups is 1. The van der Waals surface area contributed by atoms with Crippen molar-refractivity contribution >= 4 is 11.8 Å². The van der Waals surface area contributed by atoms with E-state index in [-0.39, 0.29) is 5.82 Å². The predicted molar refractivity (Wildman–Crippen MR) is 67.4 cm³/mol. The quantitative estimate of drug-likeness (QED) is 0.782. The van der Waals surface area contributed by atoms with Gasteiger partial charge >= 0.3 is 0 Å². The van der Waals surface area contributed by atoms with Gasteiger partial charge in [0.05, 0.1) is 5.56 Å². The summed E-state index contributed by atoms with van der Waals surface area (Å²) in [6.07, 6.45) is 1.08. The van der Waals surface area contributed by atoms with Crippen LogP contribution in [0.15, 0.2) is 29.4 Å². The predicted octanol–water partition coefficient (Wildman–Crippen LogP) is 3.12. The Morgan fingerprint density at radius 3 is 2.76 bits per heavy atom. The summed E-state index contributed by atoms with van der Waals surface area (Å²) in [7, 11) is 1.86. The van der Waals surface area contributed by atoms with Crippen LogP contribution < -0.4 is 0 Å². The minimum Gasteiger partial charge on any atom is -0.305 e. The monoisotopic (exact) mass is 251 g/mol. The lowest BCUT2D eigenvalue weighted by atomic mass is 10.2. The topological polar surface area (TPSA) is 30.7 Å². The zero-order chi connectivity index (χ0) is 12.3. The molecule has 0 fully saturated rings. The van der Waals surface area contributed by atoms with Crippen molar-refractivity contribution in [2.75, 3.05) is 5.75 Å². The second-order valence-electron chi connectivity index (χ2n) is 3.69. The molecule has 0 aliphatic rings. The van der Waals surface area contributed by atoms with Crippen LogP contribution in [0.2, 0.25) is 0 Å². The van der Waals surface area contributed by atoms with Crippen LogP contribution in [0.1, 0.15) is 13.3 Å². The van der Waals surface area contributed by atoms with Crippen molar-refractivity contribution in [2.45, 2.75) is 18.5 Å². The van der Waals surface area contributed by atoms with Crippen molar-refractivity contribution in [3.63, 3.8) is 0 Å². The molecule has 90 valence electrons. The first-order chi connectivity index (χ1) is 8.24. The third-order valence-corrected chi connectivity index (χ3v) is 3.61. The molecule has 0 saturated heterocycles. The molecule has 1 heterocycles. The minimum absolute atomic E-state index is 0.268. The fraction of sp³-hybridized carbons (Fsp3) is 0.333. The molecule has 0 aliphatic heterocycles. The van der Waals surface area contributed by atoms with Crippen LogP contribution in [-0.2, 0) is 7.05 Å². The Labute approximate surface area is 104 Å². The lowest BCUT2D eigenvalue weighted by molar-refractivity contribution is 0.628. The molecule has 0 aliphatic carbocycles. The third kappa shape index (κ3) is 2.49. The first kappa shape index (κ1) is 12.1. The summed E-state index contributed by atoms with van der Waals surface area (Å²) in [5.74, 6) is 1.29. The van der Waals surface area contributed by atoms with Gasteiger partial charge in [0.2, 0.25) is 0 Å². The van der Waals surface area contributed by atoms with E-state index in [1.165, 1.54) is 6.07 Å². The molecule has 0 amide bonds. The Morgan fingerprint density at radius 2 is 2.06 bits per heavy atom. The van der Waals surface area contributed by atoms with Crippen LogP contribution >= 0.6 is 11.8 Å². The summed E-state index contributed by atoms with van der Waals surface area (Å²) in [6, 6.07) is 6.62. The highest BCUT2D eigenvalue weighted by molar-refractivity contribution is 7.99. The van der Waals surface area contributed by atoms with Gasteiger partial charge in [-0.05, 0) is 18.6 Å². The number of nitrogens with zero attached hydrogens (tertiary/aromatic N) is 3.